The molecule has 0 saturated carbocycles. The van der Waals surface area contributed by atoms with E-state index in [4.69, 9.17) is 9.47 Å². The first kappa shape index (κ1) is 24.6. The number of ketones is 1. The number of hydrogen-bond acceptors (Lipinski definition) is 8. The van der Waals surface area contributed by atoms with Gasteiger partial charge in [-0.3, -0.25) is 19.5 Å². The lowest BCUT2D eigenvalue weighted by molar-refractivity contribution is -0.140. The van der Waals surface area contributed by atoms with E-state index in [9.17, 15) is 19.5 Å². The number of Topliss-reactive ketones (excluding diaryl/α,β-unsaturated/α-hetero) is 1. The Morgan fingerprint density at radius 1 is 1.23 bits per heavy atom. The number of esters is 1. The maximum absolute atomic E-state index is 13.2. The number of hydrogen-bond donors (Lipinski definition) is 2. The molecule has 0 aromatic carbocycles. The van der Waals surface area contributed by atoms with Gasteiger partial charge in [-0.25, -0.2) is 4.79 Å². The number of aryl methyl sites for hydroxylation is 1. The minimum absolute atomic E-state index is 0.0401. The van der Waals surface area contributed by atoms with Crippen molar-refractivity contribution in [2.24, 2.45) is 0 Å². The average molecular weight is 483 g/mol. The number of aliphatic hydroxyl groups excluding tert-OH is 1. The summed E-state index contributed by atoms with van der Waals surface area (Å²) in [4.78, 5) is 49.6. The highest BCUT2D eigenvalue weighted by Gasteiger charge is 2.47. The molecule has 4 heterocycles. The van der Waals surface area contributed by atoms with Crippen molar-refractivity contribution in [3.05, 3.63) is 58.2 Å². The number of nitrogens with zero attached hydrogens (tertiary/aromatic N) is 3. The summed E-state index contributed by atoms with van der Waals surface area (Å²) in [6.45, 7) is 7.46. The van der Waals surface area contributed by atoms with Crippen LogP contribution in [0.3, 0.4) is 0 Å². The fraction of sp³-hybridized carbons (Fsp3) is 0.440. The van der Waals surface area contributed by atoms with Gasteiger partial charge in [-0.05, 0) is 38.0 Å². The van der Waals surface area contributed by atoms with E-state index >= 15 is 0 Å². The second-order valence-electron chi connectivity index (χ2n) is 8.67. The van der Waals surface area contributed by atoms with Crippen molar-refractivity contribution in [3.8, 4) is 0 Å². The molecule has 2 fully saturated rings. The highest BCUT2D eigenvalue weighted by atomic mass is 16.5. The number of likely N-dealkylation sites (tertiary alicyclic amines) is 1. The molecule has 35 heavy (non-hydrogen) atoms. The summed E-state index contributed by atoms with van der Waals surface area (Å²) in [5.41, 5.74) is 1.85. The molecule has 2 saturated heterocycles. The number of amides is 1. The Morgan fingerprint density at radius 3 is 2.63 bits per heavy atom. The van der Waals surface area contributed by atoms with Crippen LogP contribution in [-0.2, 0) is 19.1 Å². The lowest BCUT2D eigenvalue weighted by atomic mass is 9.96. The van der Waals surface area contributed by atoms with Crippen molar-refractivity contribution in [3.63, 3.8) is 0 Å². The third kappa shape index (κ3) is 4.71. The Bertz CT molecular complexity index is 1150. The first-order valence-corrected chi connectivity index (χ1v) is 11.6. The largest absolute Gasteiger partial charge is 0.507 e. The highest BCUT2D eigenvalue weighted by Crippen LogP contribution is 2.40. The molecule has 10 heteroatoms. The summed E-state index contributed by atoms with van der Waals surface area (Å²) >= 11 is 0. The van der Waals surface area contributed by atoms with E-state index in [1.807, 2.05) is 0 Å². The van der Waals surface area contributed by atoms with Gasteiger partial charge in [-0.15, -0.1) is 0 Å². The SMILES string of the molecule is COC(=O)c1[nH]c(C)c(C(O)=C2C(=O)C(=O)N(CCCN3CCOCC3)C2c2ccccn2)c1C. The Morgan fingerprint density at radius 2 is 1.97 bits per heavy atom. The zero-order chi connectivity index (χ0) is 25.1. The molecule has 0 aliphatic carbocycles. The van der Waals surface area contributed by atoms with E-state index in [-0.39, 0.29) is 17.0 Å². The predicted octanol–water partition coefficient (Wildman–Crippen LogP) is 1.96. The van der Waals surface area contributed by atoms with Gasteiger partial charge >= 0.3 is 5.97 Å². The molecule has 186 valence electrons. The maximum atomic E-state index is 13.2. The number of aromatic amines is 1. The zero-order valence-electron chi connectivity index (χ0n) is 20.2. The van der Waals surface area contributed by atoms with E-state index in [2.05, 4.69) is 14.9 Å². The number of morpholine rings is 1. The first-order valence-electron chi connectivity index (χ1n) is 11.6. The van der Waals surface area contributed by atoms with E-state index in [0.717, 1.165) is 19.6 Å². The first-order chi connectivity index (χ1) is 16.8. The molecule has 10 nitrogen and oxygen atoms in total. The molecule has 1 amide bonds. The quantitative estimate of drug-likeness (QED) is 0.266. The minimum Gasteiger partial charge on any atom is -0.507 e. The molecule has 2 N–H and O–H groups in total. The molecule has 0 bridgehead atoms. The summed E-state index contributed by atoms with van der Waals surface area (Å²) in [5.74, 6) is -2.38. The van der Waals surface area contributed by atoms with Gasteiger partial charge in [0, 0.05) is 43.6 Å². The van der Waals surface area contributed by atoms with Crippen LogP contribution in [0.25, 0.3) is 5.76 Å². The summed E-state index contributed by atoms with van der Waals surface area (Å²) in [6.07, 6.45) is 2.25. The second kappa shape index (κ2) is 10.4. The van der Waals surface area contributed by atoms with E-state index in [0.29, 0.717) is 48.7 Å². The number of H-pyrrole nitrogens is 1. The maximum Gasteiger partial charge on any atom is 0.354 e. The number of pyridine rings is 1. The number of aliphatic hydroxyl groups is 1. The molecule has 2 aromatic rings. The van der Waals surface area contributed by atoms with Gasteiger partial charge in [0.15, 0.2) is 0 Å². The predicted molar refractivity (Wildman–Crippen MR) is 127 cm³/mol. The lowest BCUT2D eigenvalue weighted by Crippen LogP contribution is -2.39. The van der Waals surface area contributed by atoms with Crippen LogP contribution in [0.1, 0.15) is 45.5 Å². The normalized spacial score (nSPS) is 20.4. The van der Waals surface area contributed by atoms with Crippen LogP contribution in [0.5, 0.6) is 0 Å². The van der Waals surface area contributed by atoms with Crippen molar-refractivity contribution >= 4 is 23.4 Å². The zero-order valence-corrected chi connectivity index (χ0v) is 20.2. The smallest absolute Gasteiger partial charge is 0.354 e. The van der Waals surface area contributed by atoms with Crippen LogP contribution in [0.2, 0.25) is 0 Å². The van der Waals surface area contributed by atoms with Gasteiger partial charge in [0.25, 0.3) is 11.7 Å². The van der Waals surface area contributed by atoms with Crippen LogP contribution < -0.4 is 0 Å². The van der Waals surface area contributed by atoms with Crippen molar-refractivity contribution in [1.29, 1.82) is 0 Å². The third-order valence-electron chi connectivity index (χ3n) is 6.55. The van der Waals surface area contributed by atoms with Gasteiger partial charge in [-0.2, -0.15) is 0 Å². The molecule has 1 unspecified atom stereocenters. The summed E-state index contributed by atoms with van der Waals surface area (Å²) in [6, 6.07) is 4.42. The van der Waals surface area contributed by atoms with Gasteiger partial charge < -0.3 is 24.5 Å². The average Bonchev–Trinajstić information content (AvgIpc) is 3.31. The van der Waals surface area contributed by atoms with E-state index in [1.54, 1.807) is 38.2 Å². The number of ether oxygens (including phenoxy) is 2. The Balaban J connectivity index is 1.72. The minimum atomic E-state index is -0.837. The van der Waals surface area contributed by atoms with Gasteiger partial charge in [-0.1, -0.05) is 6.07 Å². The standard InChI is InChI=1S/C25H30N4O6/c1-15-18(16(2)27-20(15)25(33)34-3)22(30)19-21(17-7-4-5-8-26-17)29(24(32)23(19)31)10-6-9-28-11-13-35-14-12-28/h4-5,7-8,21,27,30H,6,9-14H2,1-3H3. The van der Waals surface area contributed by atoms with Crippen LogP contribution in [0, 0.1) is 13.8 Å². The fourth-order valence-corrected chi connectivity index (χ4v) is 4.79. The highest BCUT2D eigenvalue weighted by molar-refractivity contribution is 6.46. The van der Waals surface area contributed by atoms with Crippen LogP contribution >= 0.6 is 0 Å². The van der Waals surface area contributed by atoms with Crippen molar-refractivity contribution in [2.75, 3.05) is 46.5 Å². The fourth-order valence-electron chi connectivity index (χ4n) is 4.79. The molecule has 2 aliphatic rings. The molecule has 1 atom stereocenters. The second-order valence-corrected chi connectivity index (χ2v) is 8.67. The van der Waals surface area contributed by atoms with E-state index < -0.39 is 23.7 Å². The summed E-state index contributed by atoms with van der Waals surface area (Å²) in [5, 5.41) is 11.4. The Labute approximate surface area is 203 Å². The van der Waals surface area contributed by atoms with Crippen molar-refractivity contribution in [2.45, 2.75) is 26.3 Å². The van der Waals surface area contributed by atoms with Crippen molar-refractivity contribution in [1.82, 2.24) is 19.8 Å². The van der Waals surface area contributed by atoms with Gasteiger partial charge in [0.2, 0.25) is 0 Å². The third-order valence-corrected chi connectivity index (χ3v) is 6.55. The molecular formula is C25H30N4O6. The number of methoxy groups -OCH3 is 1. The molecule has 0 radical (unpaired) electrons. The van der Waals surface area contributed by atoms with Gasteiger partial charge in [0.05, 0.1) is 31.6 Å². The number of nitrogens with one attached hydrogen (secondary N) is 1. The lowest BCUT2D eigenvalue weighted by Gasteiger charge is -2.28. The van der Waals surface area contributed by atoms with Crippen LogP contribution in [0.4, 0.5) is 0 Å². The topological polar surface area (TPSA) is 125 Å². The number of aromatic nitrogens is 2. The van der Waals surface area contributed by atoms with E-state index in [1.165, 1.54) is 12.0 Å². The van der Waals surface area contributed by atoms with Crippen LogP contribution in [-0.4, -0.2) is 89.0 Å². The molecule has 2 aliphatic heterocycles. The van der Waals surface area contributed by atoms with Crippen LogP contribution in [0.15, 0.2) is 30.0 Å². The Kier molecular flexibility index (Phi) is 7.32. The Hall–Kier alpha value is -3.50. The van der Waals surface area contributed by atoms with Crippen molar-refractivity contribution < 1.29 is 29.0 Å². The number of rotatable bonds is 7. The van der Waals surface area contributed by atoms with Gasteiger partial charge in [0.1, 0.15) is 17.5 Å². The monoisotopic (exact) mass is 482 g/mol. The molecule has 2 aromatic heterocycles. The summed E-state index contributed by atoms with van der Waals surface area (Å²) < 4.78 is 10.2. The molecule has 0 spiro atoms. The number of carbonyl (C=O) groups is 3. The molecule has 4 rings (SSSR count). The summed E-state index contributed by atoms with van der Waals surface area (Å²) in [7, 11) is 1.26. The molecular weight excluding hydrogens is 452 g/mol. The number of carbonyl (C=O) groups excluding carboxylic acids is 3.